The second kappa shape index (κ2) is 6.56. The monoisotopic (exact) mass is 274 g/mol. The molecule has 0 fully saturated rings. The maximum atomic E-state index is 4.35. The Balaban J connectivity index is 2.30. The van der Waals surface area contributed by atoms with Gasteiger partial charge in [0.1, 0.15) is 12.2 Å². The number of hydrogen-bond acceptors (Lipinski definition) is 5. The summed E-state index contributed by atoms with van der Waals surface area (Å²) >= 11 is 0. The predicted molar refractivity (Wildman–Crippen MR) is 77.3 cm³/mol. The quantitative estimate of drug-likeness (QED) is 0.863. The van der Waals surface area contributed by atoms with Crippen molar-refractivity contribution in [3.63, 3.8) is 0 Å². The SMILES string of the molecule is CCc1nnc(C)cc1C(Cc1ncnn1CC)NC. The lowest BCUT2D eigenvalue weighted by Gasteiger charge is -2.19. The molecule has 2 heterocycles. The molecule has 2 aromatic heterocycles. The van der Waals surface area contributed by atoms with Gasteiger partial charge in [0.15, 0.2) is 0 Å². The molecular formula is C14H22N6. The zero-order valence-corrected chi connectivity index (χ0v) is 12.6. The lowest BCUT2D eigenvalue weighted by molar-refractivity contribution is 0.527. The van der Waals surface area contributed by atoms with Crippen molar-refractivity contribution in [3.8, 4) is 0 Å². The summed E-state index contributed by atoms with van der Waals surface area (Å²) in [6.07, 6.45) is 3.28. The van der Waals surface area contributed by atoms with Gasteiger partial charge in [0.25, 0.3) is 0 Å². The smallest absolute Gasteiger partial charge is 0.138 e. The number of nitrogens with zero attached hydrogens (tertiary/aromatic N) is 5. The van der Waals surface area contributed by atoms with E-state index in [1.807, 2.05) is 18.7 Å². The topological polar surface area (TPSA) is 68.5 Å². The van der Waals surface area contributed by atoms with Crippen LogP contribution in [-0.2, 0) is 19.4 Å². The fourth-order valence-corrected chi connectivity index (χ4v) is 2.37. The van der Waals surface area contributed by atoms with Crippen molar-refractivity contribution in [2.75, 3.05) is 7.05 Å². The normalized spacial score (nSPS) is 12.6. The van der Waals surface area contributed by atoms with Gasteiger partial charge in [-0.25, -0.2) is 4.98 Å². The molecule has 20 heavy (non-hydrogen) atoms. The molecule has 2 aromatic rings. The molecule has 0 aromatic carbocycles. The standard InChI is InChI=1S/C14H22N6/c1-5-12-11(7-10(3)18-19-12)13(15-4)8-14-16-9-17-20(14)6-2/h7,9,13,15H,5-6,8H2,1-4H3. The van der Waals surface area contributed by atoms with E-state index in [1.54, 1.807) is 6.33 Å². The molecular weight excluding hydrogens is 252 g/mol. The van der Waals surface area contributed by atoms with Gasteiger partial charge in [-0.2, -0.15) is 15.3 Å². The van der Waals surface area contributed by atoms with Crippen LogP contribution in [-0.4, -0.2) is 32.0 Å². The highest BCUT2D eigenvalue weighted by molar-refractivity contribution is 5.25. The van der Waals surface area contributed by atoms with Crippen molar-refractivity contribution in [3.05, 3.63) is 35.2 Å². The van der Waals surface area contributed by atoms with E-state index in [9.17, 15) is 0 Å². The molecule has 0 amide bonds. The molecule has 0 aliphatic carbocycles. The Morgan fingerprint density at radius 1 is 1.30 bits per heavy atom. The molecule has 6 heteroatoms. The van der Waals surface area contributed by atoms with Crippen LogP contribution in [0.3, 0.4) is 0 Å². The van der Waals surface area contributed by atoms with Gasteiger partial charge in [-0.05, 0) is 38.9 Å². The third-order valence-electron chi connectivity index (χ3n) is 3.47. The lowest BCUT2D eigenvalue weighted by Crippen LogP contribution is -2.23. The Bertz CT molecular complexity index is 563. The largest absolute Gasteiger partial charge is 0.313 e. The molecule has 0 aliphatic heterocycles. The molecule has 0 radical (unpaired) electrons. The van der Waals surface area contributed by atoms with Gasteiger partial charge >= 0.3 is 0 Å². The summed E-state index contributed by atoms with van der Waals surface area (Å²) in [7, 11) is 1.96. The predicted octanol–water partition coefficient (Wildman–Crippen LogP) is 1.46. The van der Waals surface area contributed by atoms with Crippen molar-refractivity contribution < 1.29 is 0 Å². The zero-order chi connectivity index (χ0) is 14.5. The van der Waals surface area contributed by atoms with Crippen molar-refractivity contribution >= 4 is 0 Å². The number of likely N-dealkylation sites (N-methyl/N-ethyl adjacent to an activating group) is 1. The molecule has 0 aliphatic rings. The molecule has 108 valence electrons. The maximum Gasteiger partial charge on any atom is 0.138 e. The molecule has 1 atom stereocenters. The van der Waals surface area contributed by atoms with Crippen LogP contribution >= 0.6 is 0 Å². The Morgan fingerprint density at radius 2 is 2.10 bits per heavy atom. The van der Waals surface area contributed by atoms with E-state index < -0.39 is 0 Å². The van der Waals surface area contributed by atoms with E-state index in [0.29, 0.717) is 0 Å². The molecule has 0 saturated carbocycles. The minimum atomic E-state index is 0.175. The molecule has 1 N–H and O–H groups in total. The number of rotatable bonds is 6. The average molecular weight is 274 g/mol. The Hall–Kier alpha value is -1.82. The highest BCUT2D eigenvalue weighted by Gasteiger charge is 2.18. The van der Waals surface area contributed by atoms with Gasteiger partial charge < -0.3 is 5.32 Å². The number of hydrogen-bond donors (Lipinski definition) is 1. The second-order valence-corrected chi connectivity index (χ2v) is 4.78. The first-order valence-corrected chi connectivity index (χ1v) is 7.06. The van der Waals surface area contributed by atoms with Crippen molar-refractivity contribution in [2.45, 2.75) is 46.2 Å². The number of aryl methyl sites for hydroxylation is 3. The van der Waals surface area contributed by atoms with Gasteiger partial charge in [-0.1, -0.05) is 6.92 Å². The Labute approximate surface area is 119 Å². The van der Waals surface area contributed by atoms with Gasteiger partial charge in [0.05, 0.1) is 11.4 Å². The number of aromatic nitrogens is 5. The van der Waals surface area contributed by atoms with Crippen LogP contribution in [0.15, 0.2) is 12.4 Å². The summed E-state index contributed by atoms with van der Waals surface area (Å²) in [4.78, 5) is 4.35. The van der Waals surface area contributed by atoms with Crippen LogP contribution in [0.5, 0.6) is 0 Å². The van der Waals surface area contributed by atoms with Gasteiger partial charge in [-0.3, -0.25) is 4.68 Å². The first kappa shape index (κ1) is 14.6. The zero-order valence-electron chi connectivity index (χ0n) is 12.6. The fraction of sp³-hybridized carbons (Fsp3) is 0.571. The third kappa shape index (κ3) is 3.01. The Kier molecular flexibility index (Phi) is 4.79. The van der Waals surface area contributed by atoms with Crippen molar-refractivity contribution in [1.29, 1.82) is 0 Å². The van der Waals surface area contributed by atoms with Gasteiger partial charge in [0, 0.05) is 19.0 Å². The molecule has 1 unspecified atom stereocenters. The summed E-state index contributed by atoms with van der Waals surface area (Å²) in [5, 5.41) is 16.0. The van der Waals surface area contributed by atoms with E-state index in [2.05, 4.69) is 45.5 Å². The molecule has 0 bridgehead atoms. The van der Waals surface area contributed by atoms with Gasteiger partial charge in [0.2, 0.25) is 0 Å². The summed E-state index contributed by atoms with van der Waals surface area (Å²) in [6.45, 7) is 6.98. The second-order valence-electron chi connectivity index (χ2n) is 4.78. The van der Waals surface area contributed by atoms with E-state index in [-0.39, 0.29) is 6.04 Å². The van der Waals surface area contributed by atoms with Crippen molar-refractivity contribution in [2.24, 2.45) is 0 Å². The third-order valence-corrected chi connectivity index (χ3v) is 3.47. The van der Waals surface area contributed by atoms with Gasteiger partial charge in [-0.15, -0.1) is 0 Å². The van der Waals surface area contributed by atoms with E-state index in [1.165, 1.54) is 5.56 Å². The minimum Gasteiger partial charge on any atom is -0.313 e. The van der Waals surface area contributed by atoms with Crippen LogP contribution in [0, 0.1) is 6.92 Å². The highest BCUT2D eigenvalue weighted by Crippen LogP contribution is 2.20. The lowest BCUT2D eigenvalue weighted by atomic mass is 10.0. The highest BCUT2D eigenvalue weighted by atomic mass is 15.3. The van der Waals surface area contributed by atoms with E-state index in [4.69, 9.17) is 0 Å². The summed E-state index contributed by atoms with van der Waals surface area (Å²) in [5.74, 6) is 0.989. The average Bonchev–Trinajstić information content (AvgIpc) is 2.91. The van der Waals surface area contributed by atoms with Crippen LogP contribution in [0.25, 0.3) is 0 Å². The van der Waals surface area contributed by atoms with E-state index >= 15 is 0 Å². The molecule has 0 saturated heterocycles. The maximum absolute atomic E-state index is 4.35. The van der Waals surface area contributed by atoms with Crippen LogP contribution in [0.4, 0.5) is 0 Å². The van der Waals surface area contributed by atoms with Crippen LogP contribution in [0.2, 0.25) is 0 Å². The van der Waals surface area contributed by atoms with Crippen molar-refractivity contribution in [1.82, 2.24) is 30.3 Å². The van der Waals surface area contributed by atoms with Crippen LogP contribution < -0.4 is 5.32 Å². The molecule has 6 nitrogen and oxygen atoms in total. The minimum absolute atomic E-state index is 0.175. The summed E-state index contributed by atoms with van der Waals surface area (Å²) in [6, 6.07) is 2.29. The number of nitrogens with one attached hydrogen (secondary N) is 1. The molecule has 0 spiro atoms. The summed E-state index contributed by atoms with van der Waals surface area (Å²) in [5.41, 5.74) is 3.18. The van der Waals surface area contributed by atoms with Crippen LogP contribution in [0.1, 0.15) is 42.7 Å². The Morgan fingerprint density at radius 3 is 2.75 bits per heavy atom. The fourth-order valence-electron chi connectivity index (χ4n) is 2.37. The summed E-state index contributed by atoms with van der Waals surface area (Å²) < 4.78 is 1.93. The first-order valence-electron chi connectivity index (χ1n) is 7.06. The van der Waals surface area contributed by atoms with E-state index in [0.717, 1.165) is 36.6 Å². The molecule has 2 rings (SSSR count). The first-order chi connectivity index (χ1) is 9.69.